The molecule has 0 unspecified atom stereocenters. The zero-order valence-corrected chi connectivity index (χ0v) is 10.4. The van der Waals surface area contributed by atoms with Crippen molar-refractivity contribution in [3.05, 3.63) is 34.9 Å². The summed E-state index contributed by atoms with van der Waals surface area (Å²) < 4.78 is 5.25. The predicted octanol–water partition coefficient (Wildman–Crippen LogP) is 1.17. The summed E-state index contributed by atoms with van der Waals surface area (Å²) in [6, 6.07) is 5.24. The fourth-order valence-corrected chi connectivity index (χ4v) is 2.30. The van der Waals surface area contributed by atoms with E-state index in [0.29, 0.717) is 24.3 Å². The van der Waals surface area contributed by atoms with Gasteiger partial charge in [-0.2, -0.15) is 0 Å². The minimum absolute atomic E-state index is 0.144. The van der Waals surface area contributed by atoms with E-state index in [2.05, 4.69) is 10.3 Å². The average Bonchev–Trinajstić information content (AvgIpc) is 2.81. The van der Waals surface area contributed by atoms with Crippen LogP contribution in [0.3, 0.4) is 0 Å². The number of carbonyl (C=O) groups excluding carboxylic acids is 2. The van der Waals surface area contributed by atoms with E-state index in [9.17, 15) is 9.59 Å². The number of fused-ring (bicyclic) bond motifs is 1. The molecule has 3 rings (SSSR count). The van der Waals surface area contributed by atoms with E-state index in [1.807, 2.05) is 0 Å². The van der Waals surface area contributed by atoms with Gasteiger partial charge >= 0.3 is 0 Å². The van der Waals surface area contributed by atoms with Crippen molar-refractivity contribution in [1.82, 2.24) is 5.32 Å². The third-order valence-electron chi connectivity index (χ3n) is 3.42. The first kappa shape index (κ1) is 12.0. The monoisotopic (exact) mass is 258 g/mol. The van der Waals surface area contributed by atoms with Crippen LogP contribution in [0.2, 0.25) is 0 Å². The second-order valence-corrected chi connectivity index (χ2v) is 4.73. The van der Waals surface area contributed by atoms with Gasteiger partial charge < -0.3 is 10.1 Å². The Kier molecular flexibility index (Phi) is 3.13. The molecule has 1 N–H and O–H groups in total. The van der Waals surface area contributed by atoms with Crippen molar-refractivity contribution >= 4 is 18.0 Å². The zero-order chi connectivity index (χ0) is 13.2. The number of ether oxygens (including phenoxy) is 1. The van der Waals surface area contributed by atoms with E-state index in [1.54, 1.807) is 18.2 Å². The Balaban J connectivity index is 1.74. The maximum atomic E-state index is 12.1. The summed E-state index contributed by atoms with van der Waals surface area (Å²) in [5.41, 5.74) is 1.77. The molecule has 0 atom stereocenters. The van der Waals surface area contributed by atoms with Crippen LogP contribution in [0, 0.1) is 0 Å². The van der Waals surface area contributed by atoms with Gasteiger partial charge in [-0.25, -0.2) is 4.99 Å². The molecule has 1 fully saturated rings. The summed E-state index contributed by atoms with van der Waals surface area (Å²) >= 11 is 0. The van der Waals surface area contributed by atoms with Gasteiger partial charge in [-0.1, -0.05) is 6.07 Å². The van der Waals surface area contributed by atoms with Gasteiger partial charge in [0.1, 0.15) is 0 Å². The fraction of sp³-hybridized carbons (Fsp3) is 0.357. The second kappa shape index (κ2) is 4.93. The molecule has 5 heteroatoms. The van der Waals surface area contributed by atoms with Gasteiger partial charge in [0.2, 0.25) is 0 Å². The Hall–Kier alpha value is -2.01. The van der Waals surface area contributed by atoms with Crippen LogP contribution in [0.4, 0.5) is 0 Å². The molecule has 1 aromatic rings. The smallest absolute Gasteiger partial charge is 0.277 e. The summed E-state index contributed by atoms with van der Waals surface area (Å²) in [4.78, 5) is 27.3. The molecule has 19 heavy (non-hydrogen) atoms. The first-order chi connectivity index (χ1) is 9.24. The average molecular weight is 258 g/mol. The maximum Gasteiger partial charge on any atom is 0.277 e. The third kappa shape index (κ3) is 2.42. The van der Waals surface area contributed by atoms with E-state index < -0.39 is 0 Å². The molecule has 98 valence electrons. The number of aliphatic imine (C=N–C) groups is 1. The lowest BCUT2D eigenvalue weighted by atomic mass is 10.0. The van der Waals surface area contributed by atoms with Crippen molar-refractivity contribution in [1.29, 1.82) is 0 Å². The quantitative estimate of drug-likeness (QED) is 0.865. The Bertz CT molecular complexity index is 560. The predicted molar refractivity (Wildman–Crippen MR) is 69.7 cm³/mol. The number of nitrogens with zero attached hydrogens (tertiary/aromatic N) is 1. The van der Waals surface area contributed by atoms with Crippen LogP contribution in [0.15, 0.2) is 23.2 Å². The normalized spacial score (nSPS) is 18.4. The molecule has 0 spiro atoms. The molecule has 2 heterocycles. The zero-order valence-electron chi connectivity index (χ0n) is 10.4. The molecule has 5 nitrogen and oxygen atoms in total. The van der Waals surface area contributed by atoms with E-state index >= 15 is 0 Å². The lowest BCUT2D eigenvalue weighted by molar-refractivity contribution is 0.0696. The maximum absolute atomic E-state index is 12.1. The highest BCUT2D eigenvalue weighted by molar-refractivity contribution is 6.14. The highest BCUT2D eigenvalue weighted by atomic mass is 16.5. The van der Waals surface area contributed by atoms with Crippen molar-refractivity contribution in [2.45, 2.75) is 18.9 Å². The molecule has 0 aromatic heterocycles. The molecule has 1 saturated heterocycles. The summed E-state index contributed by atoms with van der Waals surface area (Å²) in [5, 5.41) is 2.97. The van der Waals surface area contributed by atoms with Crippen LogP contribution >= 0.6 is 0 Å². The largest absolute Gasteiger partial charge is 0.381 e. The Morgan fingerprint density at radius 3 is 2.89 bits per heavy atom. The van der Waals surface area contributed by atoms with Crippen molar-refractivity contribution in [3.63, 3.8) is 0 Å². The highest BCUT2D eigenvalue weighted by Crippen LogP contribution is 2.17. The molecule has 0 aliphatic carbocycles. The van der Waals surface area contributed by atoms with Gasteiger partial charge in [0, 0.05) is 36.6 Å². The molecular weight excluding hydrogens is 244 g/mol. The minimum atomic E-state index is -0.282. The van der Waals surface area contributed by atoms with Crippen molar-refractivity contribution in [3.8, 4) is 0 Å². The van der Waals surface area contributed by atoms with E-state index in [0.717, 1.165) is 18.4 Å². The number of carbonyl (C=O) groups is 2. The Morgan fingerprint density at radius 2 is 2.11 bits per heavy atom. The number of nitrogens with one attached hydrogen (secondary N) is 1. The third-order valence-corrected chi connectivity index (χ3v) is 3.42. The number of hydrogen-bond donors (Lipinski definition) is 1. The Morgan fingerprint density at radius 1 is 1.32 bits per heavy atom. The van der Waals surface area contributed by atoms with Crippen LogP contribution in [0.5, 0.6) is 0 Å². The fourth-order valence-electron chi connectivity index (χ4n) is 2.30. The van der Waals surface area contributed by atoms with Gasteiger partial charge in [-0.3, -0.25) is 9.59 Å². The second-order valence-electron chi connectivity index (χ2n) is 4.73. The molecule has 0 bridgehead atoms. The molecular formula is C14H14N2O3. The SMILES string of the molecule is O=C(NC1CCOCC1)c1ccc2c(c1)C(=O)N=C2. The van der Waals surface area contributed by atoms with Crippen LogP contribution in [0.25, 0.3) is 0 Å². The number of rotatable bonds is 2. The number of hydrogen-bond acceptors (Lipinski definition) is 3. The standard InChI is InChI=1S/C14H14N2O3/c17-13(16-11-3-5-19-6-4-11)9-1-2-10-8-15-14(18)12(10)7-9/h1-2,7-8,11H,3-6H2,(H,16,17). The van der Waals surface area contributed by atoms with Gasteiger partial charge in [-0.15, -0.1) is 0 Å². The molecule has 0 radical (unpaired) electrons. The summed E-state index contributed by atoms with van der Waals surface area (Å²) in [6.07, 6.45) is 3.19. The Labute approximate surface area is 110 Å². The molecule has 0 saturated carbocycles. The van der Waals surface area contributed by atoms with Crippen molar-refractivity contribution < 1.29 is 14.3 Å². The lowest BCUT2D eigenvalue weighted by Crippen LogP contribution is -2.38. The van der Waals surface area contributed by atoms with Gasteiger partial charge in [-0.05, 0) is 25.0 Å². The van der Waals surface area contributed by atoms with Crippen molar-refractivity contribution in [2.24, 2.45) is 4.99 Å². The van der Waals surface area contributed by atoms with Crippen molar-refractivity contribution in [2.75, 3.05) is 13.2 Å². The summed E-state index contributed by atoms with van der Waals surface area (Å²) in [6.45, 7) is 1.36. The van der Waals surface area contributed by atoms with E-state index in [4.69, 9.17) is 4.74 Å². The molecule has 2 amide bonds. The van der Waals surface area contributed by atoms with Gasteiger partial charge in [0.15, 0.2) is 0 Å². The first-order valence-corrected chi connectivity index (χ1v) is 6.35. The van der Waals surface area contributed by atoms with E-state index in [-0.39, 0.29) is 17.9 Å². The van der Waals surface area contributed by atoms with Crippen LogP contribution in [-0.4, -0.2) is 37.3 Å². The molecule has 2 aliphatic heterocycles. The number of benzene rings is 1. The van der Waals surface area contributed by atoms with Crippen LogP contribution in [0.1, 0.15) is 39.1 Å². The molecule has 1 aromatic carbocycles. The van der Waals surface area contributed by atoms with Gasteiger partial charge in [0.05, 0.1) is 5.56 Å². The minimum Gasteiger partial charge on any atom is -0.381 e. The van der Waals surface area contributed by atoms with Crippen LogP contribution < -0.4 is 5.32 Å². The number of amides is 2. The van der Waals surface area contributed by atoms with E-state index in [1.165, 1.54) is 6.21 Å². The topological polar surface area (TPSA) is 67.8 Å². The van der Waals surface area contributed by atoms with Crippen LogP contribution in [-0.2, 0) is 4.74 Å². The molecule has 2 aliphatic rings. The summed E-state index contributed by atoms with van der Waals surface area (Å²) in [5.74, 6) is -0.426. The highest BCUT2D eigenvalue weighted by Gasteiger charge is 2.20. The summed E-state index contributed by atoms with van der Waals surface area (Å²) in [7, 11) is 0. The first-order valence-electron chi connectivity index (χ1n) is 6.35. The lowest BCUT2D eigenvalue weighted by Gasteiger charge is -2.23. The van der Waals surface area contributed by atoms with Gasteiger partial charge in [0.25, 0.3) is 11.8 Å².